The molecule has 0 fully saturated rings. The number of rotatable bonds is 5. The Morgan fingerprint density at radius 3 is 2.50 bits per heavy atom. The first kappa shape index (κ1) is 17.7. The molecule has 0 aliphatic carbocycles. The summed E-state index contributed by atoms with van der Waals surface area (Å²) in [6.07, 6.45) is 1.81. The first-order chi connectivity index (χ1) is 11.5. The van der Waals surface area contributed by atoms with E-state index >= 15 is 0 Å². The minimum atomic E-state index is -2.11. The van der Waals surface area contributed by atoms with Crippen molar-refractivity contribution in [3.05, 3.63) is 64.8 Å². The van der Waals surface area contributed by atoms with Crippen LogP contribution in [-0.4, -0.2) is 21.1 Å². The van der Waals surface area contributed by atoms with Crippen LogP contribution in [0, 0.1) is 0 Å². The largest absolute Gasteiger partial charge is 0.349 e. The fourth-order valence-electron chi connectivity index (χ4n) is 2.28. The van der Waals surface area contributed by atoms with E-state index < -0.39 is 8.38 Å². The van der Waals surface area contributed by atoms with Gasteiger partial charge in [0.15, 0.2) is 8.38 Å². The Hall–Kier alpha value is -1.07. The molecule has 0 aliphatic heterocycles. The molecule has 2 N–H and O–H groups in total. The Morgan fingerprint density at radius 1 is 1.04 bits per heavy atom. The molecule has 8 heteroatoms. The van der Waals surface area contributed by atoms with Crippen LogP contribution in [0.25, 0.3) is 10.9 Å². The molecule has 24 heavy (non-hydrogen) atoms. The van der Waals surface area contributed by atoms with Gasteiger partial charge in [-0.25, -0.2) is 0 Å². The third-order valence-electron chi connectivity index (χ3n) is 3.20. The predicted molar refractivity (Wildman–Crippen MR) is 103 cm³/mol. The highest BCUT2D eigenvalue weighted by molar-refractivity contribution is 8.01. The van der Waals surface area contributed by atoms with Crippen LogP contribution in [0.3, 0.4) is 0 Å². The minimum absolute atomic E-state index is 0.0815. The fraction of sp³-hybridized carbons (Fsp3) is 0.0625. The van der Waals surface area contributed by atoms with Crippen molar-refractivity contribution < 1.29 is 9.79 Å². The van der Waals surface area contributed by atoms with E-state index in [-0.39, 0.29) is 6.29 Å². The molecule has 0 unspecified atom stereocenters. The van der Waals surface area contributed by atoms with Crippen molar-refractivity contribution in [1.82, 2.24) is 4.98 Å². The topological polar surface area (TPSA) is 56.6 Å². The standard InChI is InChI=1S/C16H13Cl2N2O2PS/c17-11-7-12(18)9-13(8-11)24-20(10-23(21)22)16-5-1-4-15-14(16)3-2-6-19-15/h1-9,21-22H,10H2. The van der Waals surface area contributed by atoms with Crippen molar-refractivity contribution in [1.29, 1.82) is 0 Å². The first-order valence-corrected chi connectivity index (χ1v) is 9.90. The quantitative estimate of drug-likeness (QED) is 0.450. The van der Waals surface area contributed by atoms with E-state index in [0.29, 0.717) is 10.0 Å². The maximum atomic E-state index is 9.54. The Labute approximate surface area is 155 Å². The van der Waals surface area contributed by atoms with Gasteiger partial charge in [0.05, 0.1) is 17.5 Å². The van der Waals surface area contributed by atoms with Gasteiger partial charge in [0.2, 0.25) is 0 Å². The fourth-order valence-corrected chi connectivity index (χ4v) is 4.73. The molecule has 0 aliphatic rings. The Morgan fingerprint density at radius 2 is 1.79 bits per heavy atom. The highest BCUT2D eigenvalue weighted by Gasteiger charge is 2.16. The number of hydrogen-bond donors (Lipinski definition) is 2. The van der Waals surface area contributed by atoms with Gasteiger partial charge in [-0.1, -0.05) is 29.3 Å². The number of anilines is 1. The smallest absolute Gasteiger partial charge is 0.186 e. The lowest BCUT2D eigenvalue weighted by Gasteiger charge is -2.25. The Kier molecular flexibility index (Phi) is 5.82. The molecule has 0 radical (unpaired) electrons. The Bertz CT molecular complexity index is 841. The molecule has 124 valence electrons. The van der Waals surface area contributed by atoms with Gasteiger partial charge in [-0.2, -0.15) is 0 Å². The number of fused-ring (bicyclic) bond motifs is 1. The second kappa shape index (κ2) is 7.87. The van der Waals surface area contributed by atoms with Crippen LogP contribution in [-0.2, 0) is 0 Å². The summed E-state index contributed by atoms with van der Waals surface area (Å²) in [6.45, 7) is 0. The molecule has 3 rings (SSSR count). The van der Waals surface area contributed by atoms with E-state index in [1.165, 1.54) is 11.9 Å². The molecule has 4 nitrogen and oxygen atoms in total. The van der Waals surface area contributed by atoms with Crippen molar-refractivity contribution in [3.8, 4) is 0 Å². The van der Waals surface area contributed by atoms with Gasteiger partial charge in [-0.05, 0) is 54.4 Å². The highest BCUT2D eigenvalue weighted by atomic mass is 35.5. The third-order valence-corrected chi connectivity index (χ3v) is 5.35. The summed E-state index contributed by atoms with van der Waals surface area (Å²) in [5.74, 6) is 0. The monoisotopic (exact) mass is 398 g/mol. The molecule has 1 aromatic heterocycles. The molecule has 0 amide bonds. The van der Waals surface area contributed by atoms with Crippen molar-refractivity contribution in [2.45, 2.75) is 4.90 Å². The van der Waals surface area contributed by atoms with Crippen LogP contribution in [0.5, 0.6) is 0 Å². The van der Waals surface area contributed by atoms with Gasteiger partial charge >= 0.3 is 0 Å². The van der Waals surface area contributed by atoms with Crippen LogP contribution in [0.4, 0.5) is 5.69 Å². The van der Waals surface area contributed by atoms with Crippen molar-refractivity contribution in [3.63, 3.8) is 0 Å². The molecule has 0 saturated carbocycles. The first-order valence-electron chi connectivity index (χ1n) is 6.93. The van der Waals surface area contributed by atoms with E-state index in [1.807, 2.05) is 34.6 Å². The van der Waals surface area contributed by atoms with E-state index in [4.69, 9.17) is 23.2 Å². The van der Waals surface area contributed by atoms with Gasteiger partial charge in [0.25, 0.3) is 0 Å². The number of hydrogen-bond acceptors (Lipinski definition) is 5. The van der Waals surface area contributed by atoms with E-state index in [0.717, 1.165) is 21.5 Å². The van der Waals surface area contributed by atoms with Crippen molar-refractivity contribution >= 4 is 60.1 Å². The predicted octanol–water partition coefficient (Wildman–Crippen LogP) is 5.31. The van der Waals surface area contributed by atoms with Crippen molar-refractivity contribution in [2.24, 2.45) is 0 Å². The maximum absolute atomic E-state index is 9.54. The van der Waals surface area contributed by atoms with Gasteiger partial charge in [0, 0.05) is 26.5 Å². The second-order valence-electron chi connectivity index (χ2n) is 4.94. The normalized spacial score (nSPS) is 11.2. The summed E-state index contributed by atoms with van der Waals surface area (Å²) in [5, 5.41) is 1.98. The molecule has 0 bridgehead atoms. The van der Waals surface area contributed by atoms with Gasteiger partial charge in [0.1, 0.15) is 0 Å². The maximum Gasteiger partial charge on any atom is 0.186 e. The summed E-state index contributed by atoms with van der Waals surface area (Å²) in [4.78, 5) is 24.2. The van der Waals surface area contributed by atoms with Crippen LogP contribution in [0.15, 0.2) is 59.6 Å². The van der Waals surface area contributed by atoms with Crippen LogP contribution < -0.4 is 4.31 Å². The van der Waals surface area contributed by atoms with Crippen LogP contribution >= 0.6 is 43.5 Å². The third kappa shape index (κ3) is 4.31. The molecule has 0 atom stereocenters. The van der Waals surface area contributed by atoms with Crippen LogP contribution in [0.1, 0.15) is 0 Å². The molecule has 2 aromatic carbocycles. The molecule has 1 heterocycles. The number of pyridine rings is 1. The van der Waals surface area contributed by atoms with E-state index in [9.17, 15) is 9.79 Å². The summed E-state index contributed by atoms with van der Waals surface area (Å²) in [5.41, 5.74) is 1.68. The van der Waals surface area contributed by atoms with Gasteiger partial charge in [-0.15, -0.1) is 0 Å². The zero-order valence-electron chi connectivity index (χ0n) is 12.3. The number of benzene rings is 2. The average molecular weight is 399 g/mol. The lowest BCUT2D eigenvalue weighted by atomic mass is 10.2. The zero-order valence-corrected chi connectivity index (χ0v) is 15.5. The average Bonchev–Trinajstić information content (AvgIpc) is 2.52. The second-order valence-corrected chi connectivity index (χ2v) is 7.93. The Balaban J connectivity index is 2.02. The molecule has 0 spiro atoms. The molecular formula is C16H13Cl2N2O2PS. The van der Waals surface area contributed by atoms with Crippen LogP contribution in [0.2, 0.25) is 10.0 Å². The summed E-state index contributed by atoms with van der Waals surface area (Å²) in [7, 11) is -2.11. The van der Waals surface area contributed by atoms with E-state index in [2.05, 4.69) is 4.98 Å². The minimum Gasteiger partial charge on any atom is -0.349 e. The number of aromatic nitrogens is 1. The number of halogens is 2. The highest BCUT2D eigenvalue weighted by Crippen LogP contribution is 2.39. The van der Waals surface area contributed by atoms with Gasteiger partial charge in [-0.3, -0.25) is 4.98 Å². The molecule has 0 saturated heterocycles. The zero-order chi connectivity index (χ0) is 17.1. The lowest BCUT2D eigenvalue weighted by molar-refractivity contribution is 0.484. The SMILES string of the molecule is OP(O)CN(Sc1cc(Cl)cc(Cl)c1)c1cccc2ncccc12. The summed E-state index contributed by atoms with van der Waals surface area (Å²) >= 11 is 13.5. The van der Waals surface area contributed by atoms with Crippen molar-refractivity contribution in [2.75, 3.05) is 10.6 Å². The number of nitrogens with zero attached hydrogens (tertiary/aromatic N) is 2. The summed E-state index contributed by atoms with van der Waals surface area (Å²) < 4.78 is 1.82. The molecular weight excluding hydrogens is 386 g/mol. The lowest BCUT2D eigenvalue weighted by Crippen LogP contribution is -2.15. The molecule has 3 aromatic rings. The van der Waals surface area contributed by atoms with E-state index in [1.54, 1.807) is 24.4 Å². The van der Waals surface area contributed by atoms with Gasteiger partial charge < -0.3 is 14.1 Å². The summed E-state index contributed by atoms with van der Waals surface area (Å²) in [6, 6.07) is 14.8.